The monoisotopic (exact) mass is 505 g/mol. The first-order valence-corrected chi connectivity index (χ1v) is 12.2. The number of carboxylic acids is 1. The minimum atomic E-state index is -1.01. The summed E-state index contributed by atoms with van der Waals surface area (Å²) in [6, 6.07) is 16.0. The Balaban J connectivity index is 1.62. The Labute approximate surface area is 215 Å². The Morgan fingerprint density at radius 3 is 2.24 bits per heavy atom. The predicted molar refractivity (Wildman–Crippen MR) is 135 cm³/mol. The molecular formula is C27H31N5O5. The van der Waals surface area contributed by atoms with Gasteiger partial charge in [0.2, 0.25) is 0 Å². The molecule has 2 amide bonds. The van der Waals surface area contributed by atoms with E-state index in [1.807, 2.05) is 51.1 Å². The molecule has 10 nitrogen and oxygen atoms in total. The molecule has 10 heteroatoms. The molecule has 2 aromatic carbocycles. The van der Waals surface area contributed by atoms with Gasteiger partial charge in [0.1, 0.15) is 5.60 Å². The Kier molecular flexibility index (Phi) is 7.56. The molecule has 1 aliphatic rings. The van der Waals surface area contributed by atoms with Crippen LogP contribution in [0.5, 0.6) is 0 Å². The Morgan fingerprint density at radius 1 is 0.973 bits per heavy atom. The fourth-order valence-corrected chi connectivity index (χ4v) is 4.11. The van der Waals surface area contributed by atoms with Crippen LogP contribution < -0.4 is 0 Å². The number of aromatic carboxylic acids is 1. The molecule has 0 fully saturated rings. The molecule has 0 bridgehead atoms. The van der Waals surface area contributed by atoms with Crippen molar-refractivity contribution in [3.05, 3.63) is 82.7 Å². The quantitative estimate of drug-likeness (QED) is 0.539. The topological polar surface area (TPSA) is 118 Å². The molecule has 0 saturated carbocycles. The van der Waals surface area contributed by atoms with Crippen molar-refractivity contribution in [2.75, 3.05) is 6.54 Å². The molecule has 194 valence electrons. The van der Waals surface area contributed by atoms with Crippen LogP contribution in [-0.4, -0.2) is 60.0 Å². The maximum atomic E-state index is 13.9. The molecule has 0 radical (unpaired) electrons. The SMILES string of the molecule is CC(C)(C)OC(=O)N1CCCn2nnc(C(=O)N(Cc3ccccc3)Cc3ccc(C(=O)O)cc3)c2C1. The normalized spacial score (nSPS) is 13.4. The van der Waals surface area contributed by atoms with Gasteiger partial charge in [-0.15, -0.1) is 5.10 Å². The fraction of sp³-hybridized carbons (Fsp3) is 0.370. The predicted octanol–water partition coefficient (Wildman–Crippen LogP) is 3.96. The third-order valence-corrected chi connectivity index (χ3v) is 5.91. The van der Waals surface area contributed by atoms with Crippen molar-refractivity contribution in [3.63, 3.8) is 0 Å². The highest BCUT2D eigenvalue weighted by molar-refractivity contribution is 5.93. The molecule has 1 aromatic heterocycles. The second kappa shape index (κ2) is 10.8. The van der Waals surface area contributed by atoms with Crippen molar-refractivity contribution in [3.8, 4) is 0 Å². The molecule has 2 heterocycles. The summed E-state index contributed by atoms with van der Waals surface area (Å²) in [5.74, 6) is -1.33. The first-order valence-electron chi connectivity index (χ1n) is 12.2. The van der Waals surface area contributed by atoms with Gasteiger partial charge in [-0.25, -0.2) is 14.3 Å². The number of aryl methyl sites for hydroxylation is 1. The van der Waals surface area contributed by atoms with Crippen molar-refractivity contribution in [1.29, 1.82) is 0 Å². The van der Waals surface area contributed by atoms with Gasteiger partial charge < -0.3 is 19.6 Å². The number of hydrogen-bond donors (Lipinski definition) is 1. The van der Waals surface area contributed by atoms with E-state index in [1.54, 1.807) is 26.6 Å². The highest BCUT2D eigenvalue weighted by Gasteiger charge is 2.31. The van der Waals surface area contributed by atoms with E-state index in [2.05, 4.69) is 10.3 Å². The van der Waals surface area contributed by atoms with Gasteiger partial charge in [0.05, 0.1) is 17.8 Å². The number of carbonyl (C=O) groups excluding carboxylic acids is 2. The molecule has 4 rings (SSSR count). The van der Waals surface area contributed by atoms with E-state index in [9.17, 15) is 19.5 Å². The molecular weight excluding hydrogens is 474 g/mol. The van der Waals surface area contributed by atoms with E-state index in [0.717, 1.165) is 11.1 Å². The van der Waals surface area contributed by atoms with Gasteiger partial charge in [0.15, 0.2) is 5.69 Å². The number of nitrogens with zero attached hydrogens (tertiary/aromatic N) is 5. The maximum absolute atomic E-state index is 13.9. The zero-order valence-electron chi connectivity index (χ0n) is 21.3. The highest BCUT2D eigenvalue weighted by Crippen LogP contribution is 2.21. The summed E-state index contributed by atoms with van der Waals surface area (Å²) in [6.07, 6.45) is 0.215. The lowest BCUT2D eigenvalue weighted by Crippen LogP contribution is -2.37. The number of rotatable bonds is 6. The van der Waals surface area contributed by atoms with E-state index in [1.165, 1.54) is 12.1 Å². The minimum absolute atomic E-state index is 0.162. The van der Waals surface area contributed by atoms with Crippen molar-refractivity contribution in [2.24, 2.45) is 0 Å². The third kappa shape index (κ3) is 6.52. The van der Waals surface area contributed by atoms with Crippen molar-refractivity contribution in [2.45, 2.75) is 59.0 Å². The van der Waals surface area contributed by atoms with Gasteiger partial charge in [-0.2, -0.15) is 0 Å². The standard InChI is InChI=1S/C27H31N5O5/c1-27(2,3)37-26(36)30-14-7-15-32-22(18-30)23(28-29-32)24(33)31(16-19-8-5-4-6-9-19)17-20-10-12-21(13-11-20)25(34)35/h4-6,8-13H,7,14-18H2,1-3H3,(H,34,35). The smallest absolute Gasteiger partial charge is 0.410 e. The fourth-order valence-electron chi connectivity index (χ4n) is 4.11. The number of amides is 2. The van der Waals surface area contributed by atoms with Gasteiger partial charge in [0, 0.05) is 26.2 Å². The van der Waals surface area contributed by atoms with Gasteiger partial charge >= 0.3 is 12.1 Å². The Bertz CT molecular complexity index is 1260. The zero-order valence-corrected chi connectivity index (χ0v) is 21.3. The van der Waals surface area contributed by atoms with Crippen LogP contribution >= 0.6 is 0 Å². The van der Waals surface area contributed by atoms with Gasteiger partial charge in [-0.05, 0) is 50.5 Å². The Morgan fingerprint density at radius 2 is 1.62 bits per heavy atom. The van der Waals surface area contributed by atoms with Crippen molar-refractivity contribution >= 4 is 18.0 Å². The van der Waals surface area contributed by atoms with Crippen LogP contribution in [0.4, 0.5) is 4.79 Å². The summed E-state index contributed by atoms with van der Waals surface area (Å²) in [7, 11) is 0. The maximum Gasteiger partial charge on any atom is 0.410 e. The lowest BCUT2D eigenvalue weighted by molar-refractivity contribution is 0.0234. The third-order valence-electron chi connectivity index (χ3n) is 5.91. The number of carbonyl (C=O) groups is 3. The van der Waals surface area contributed by atoms with Crippen LogP contribution in [0.2, 0.25) is 0 Å². The highest BCUT2D eigenvalue weighted by atomic mass is 16.6. The molecule has 1 N–H and O–H groups in total. The summed E-state index contributed by atoms with van der Waals surface area (Å²) in [5, 5.41) is 17.6. The number of fused-ring (bicyclic) bond motifs is 1. The Hall–Kier alpha value is -4.21. The molecule has 0 spiro atoms. The van der Waals surface area contributed by atoms with Crippen molar-refractivity contribution < 1.29 is 24.2 Å². The summed E-state index contributed by atoms with van der Waals surface area (Å²) in [5.41, 5.74) is 2.01. The number of hydrogen-bond acceptors (Lipinski definition) is 6. The molecule has 37 heavy (non-hydrogen) atoms. The van der Waals surface area contributed by atoms with E-state index in [4.69, 9.17) is 4.74 Å². The van der Waals surface area contributed by atoms with Crippen LogP contribution in [0.1, 0.15) is 64.9 Å². The van der Waals surface area contributed by atoms with Crippen LogP contribution in [0, 0.1) is 0 Å². The number of benzene rings is 2. The summed E-state index contributed by atoms with van der Waals surface area (Å²) >= 11 is 0. The molecule has 0 unspecified atom stereocenters. The number of carboxylic acid groups (broad SMARTS) is 1. The lowest BCUT2D eigenvalue weighted by Gasteiger charge is -2.26. The zero-order chi connectivity index (χ0) is 26.6. The second-order valence-electron chi connectivity index (χ2n) is 10.0. The van der Waals surface area contributed by atoms with Crippen LogP contribution in [0.25, 0.3) is 0 Å². The average Bonchev–Trinajstić information content (AvgIpc) is 3.12. The summed E-state index contributed by atoms with van der Waals surface area (Å²) < 4.78 is 7.24. The van der Waals surface area contributed by atoms with Crippen molar-refractivity contribution in [1.82, 2.24) is 24.8 Å². The van der Waals surface area contributed by atoms with Gasteiger partial charge in [-0.1, -0.05) is 47.7 Å². The largest absolute Gasteiger partial charge is 0.478 e. The minimum Gasteiger partial charge on any atom is -0.478 e. The average molecular weight is 506 g/mol. The van der Waals surface area contributed by atoms with E-state index in [-0.39, 0.29) is 30.3 Å². The van der Waals surface area contributed by atoms with Crippen LogP contribution in [-0.2, 0) is 30.9 Å². The molecule has 3 aromatic rings. The van der Waals surface area contributed by atoms with Crippen LogP contribution in [0.3, 0.4) is 0 Å². The van der Waals surface area contributed by atoms with E-state index in [0.29, 0.717) is 31.7 Å². The van der Waals surface area contributed by atoms with Gasteiger partial charge in [0.25, 0.3) is 5.91 Å². The molecule has 0 atom stereocenters. The number of aromatic nitrogens is 3. The van der Waals surface area contributed by atoms with Crippen LogP contribution in [0.15, 0.2) is 54.6 Å². The van der Waals surface area contributed by atoms with Gasteiger partial charge in [-0.3, -0.25) is 4.79 Å². The van der Waals surface area contributed by atoms with E-state index >= 15 is 0 Å². The first kappa shape index (κ1) is 25.9. The summed E-state index contributed by atoms with van der Waals surface area (Å²) in [6.45, 7) is 7.18. The number of ether oxygens (including phenoxy) is 1. The van der Waals surface area contributed by atoms with E-state index < -0.39 is 17.7 Å². The lowest BCUT2D eigenvalue weighted by atomic mass is 10.1. The second-order valence-corrected chi connectivity index (χ2v) is 10.0. The molecule has 1 aliphatic heterocycles. The first-order chi connectivity index (χ1) is 17.6. The molecule has 0 saturated heterocycles. The molecule has 0 aliphatic carbocycles. The summed E-state index contributed by atoms with van der Waals surface area (Å²) in [4.78, 5) is 41.1.